The van der Waals surface area contributed by atoms with Crippen LogP contribution in [0.4, 0.5) is 11.6 Å². The van der Waals surface area contributed by atoms with Gasteiger partial charge in [-0.3, -0.25) is 0 Å². The summed E-state index contributed by atoms with van der Waals surface area (Å²) >= 11 is 0. The molecule has 19 heavy (non-hydrogen) atoms. The van der Waals surface area contributed by atoms with E-state index in [-0.39, 0.29) is 0 Å². The smallest absolute Gasteiger partial charge is 0.266 e. The summed E-state index contributed by atoms with van der Waals surface area (Å²) in [5.74, 6) is 1.24. The maximum Gasteiger partial charge on any atom is 0.266 e. The molecule has 2 N–H and O–H groups in total. The first-order chi connectivity index (χ1) is 9.24. The number of piperidine rings is 1. The minimum Gasteiger partial charge on any atom is -0.399 e. The number of nitrogens with zero attached hydrogens (tertiary/aromatic N) is 3. The van der Waals surface area contributed by atoms with Gasteiger partial charge in [-0.2, -0.15) is 4.98 Å². The molecule has 1 aromatic carbocycles. The van der Waals surface area contributed by atoms with Crippen molar-refractivity contribution in [2.24, 2.45) is 0 Å². The molecule has 1 fully saturated rings. The fourth-order valence-electron chi connectivity index (χ4n) is 2.42. The quantitative estimate of drug-likeness (QED) is 0.839. The normalized spacial score (nSPS) is 15.7. The van der Waals surface area contributed by atoms with Crippen LogP contribution in [0, 0.1) is 6.92 Å². The van der Waals surface area contributed by atoms with Crippen molar-refractivity contribution in [3.05, 3.63) is 23.8 Å². The molecule has 100 valence electrons. The van der Waals surface area contributed by atoms with Crippen molar-refractivity contribution in [1.29, 1.82) is 0 Å². The largest absolute Gasteiger partial charge is 0.399 e. The van der Waals surface area contributed by atoms with E-state index in [4.69, 9.17) is 10.3 Å². The third-order valence-electron chi connectivity index (χ3n) is 3.55. The number of hydrogen-bond acceptors (Lipinski definition) is 5. The minimum atomic E-state index is 0.547. The van der Waals surface area contributed by atoms with Gasteiger partial charge in [0.15, 0.2) is 0 Å². The zero-order valence-corrected chi connectivity index (χ0v) is 11.1. The Hall–Kier alpha value is -2.04. The second-order valence-corrected chi connectivity index (χ2v) is 5.02. The summed E-state index contributed by atoms with van der Waals surface area (Å²) in [6.45, 7) is 4.03. The predicted molar refractivity (Wildman–Crippen MR) is 74.9 cm³/mol. The molecular formula is C14H18N4O. The van der Waals surface area contributed by atoms with Crippen LogP contribution in [0.5, 0.6) is 0 Å². The highest BCUT2D eigenvalue weighted by molar-refractivity contribution is 5.64. The summed E-state index contributed by atoms with van der Waals surface area (Å²) in [5.41, 5.74) is 8.52. The molecule has 5 nitrogen and oxygen atoms in total. The first kappa shape index (κ1) is 12.0. The maximum atomic E-state index is 5.81. The predicted octanol–water partition coefficient (Wildman–Crippen LogP) is 2.62. The summed E-state index contributed by atoms with van der Waals surface area (Å²) in [6, 6.07) is 5.72. The number of aryl methyl sites for hydroxylation is 1. The number of benzene rings is 1. The second kappa shape index (κ2) is 4.91. The number of rotatable bonds is 2. The van der Waals surface area contributed by atoms with Crippen molar-refractivity contribution in [1.82, 2.24) is 10.1 Å². The van der Waals surface area contributed by atoms with Crippen LogP contribution < -0.4 is 10.6 Å². The fraction of sp³-hybridized carbons (Fsp3) is 0.429. The Morgan fingerprint density at radius 1 is 1.21 bits per heavy atom. The molecule has 0 aliphatic carbocycles. The zero-order chi connectivity index (χ0) is 13.2. The van der Waals surface area contributed by atoms with E-state index in [1.165, 1.54) is 19.3 Å². The summed E-state index contributed by atoms with van der Waals surface area (Å²) in [5, 5.41) is 4.09. The molecule has 0 amide bonds. The zero-order valence-electron chi connectivity index (χ0n) is 11.1. The molecule has 1 aliphatic heterocycles. The van der Waals surface area contributed by atoms with Gasteiger partial charge in [-0.15, -0.1) is 0 Å². The van der Waals surface area contributed by atoms with Crippen molar-refractivity contribution in [3.8, 4) is 11.5 Å². The molecule has 1 aliphatic rings. The Kier molecular flexibility index (Phi) is 3.11. The number of nitrogen functional groups attached to an aromatic ring is 1. The SMILES string of the molecule is Cc1ccc(N)cc1-c1nc(N2CCCCC2)no1. The van der Waals surface area contributed by atoms with E-state index in [2.05, 4.69) is 15.0 Å². The number of nitrogens with two attached hydrogens (primary N) is 1. The van der Waals surface area contributed by atoms with E-state index in [0.717, 1.165) is 24.2 Å². The average Bonchev–Trinajstić information content (AvgIpc) is 2.92. The van der Waals surface area contributed by atoms with Crippen LogP contribution in [0.25, 0.3) is 11.5 Å². The van der Waals surface area contributed by atoms with Gasteiger partial charge in [0, 0.05) is 24.3 Å². The molecule has 0 saturated carbocycles. The van der Waals surface area contributed by atoms with Gasteiger partial charge in [0.25, 0.3) is 11.8 Å². The van der Waals surface area contributed by atoms with Gasteiger partial charge in [-0.05, 0) is 49.0 Å². The molecule has 2 aromatic rings. The number of aromatic nitrogens is 2. The van der Waals surface area contributed by atoms with E-state index in [1.807, 2.05) is 25.1 Å². The third-order valence-corrected chi connectivity index (χ3v) is 3.55. The topological polar surface area (TPSA) is 68.2 Å². The molecular weight excluding hydrogens is 240 g/mol. The van der Waals surface area contributed by atoms with E-state index in [0.29, 0.717) is 17.5 Å². The van der Waals surface area contributed by atoms with Crippen molar-refractivity contribution in [2.45, 2.75) is 26.2 Å². The van der Waals surface area contributed by atoms with Gasteiger partial charge in [-0.1, -0.05) is 6.07 Å². The highest BCUT2D eigenvalue weighted by Crippen LogP contribution is 2.26. The lowest BCUT2D eigenvalue weighted by molar-refractivity contribution is 0.426. The average molecular weight is 258 g/mol. The maximum absolute atomic E-state index is 5.81. The lowest BCUT2D eigenvalue weighted by Gasteiger charge is -2.24. The molecule has 1 aromatic heterocycles. The van der Waals surface area contributed by atoms with Gasteiger partial charge < -0.3 is 15.2 Å². The van der Waals surface area contributed by atoms with E-state index in [9.17, 15) is 0 Å². The second-order valence-electron chi connectivity index (χ2n) is 5.02. The Morgan fingerprint density at radius 3 is 2.79 bits per heavy atom. The molecule has 0 spiro atoms. The van der Waals surface area contributed by atoms with Crippen LogP contribution in [-0.2, 0) is 0 Å². The van der Waals surface area contributed by atoms with Crippen molar-refractivity contribution in [2.75, 3.05) is 23.7 Å². The molecule has 0 atom stereocenters. The summed E-state index contributed by atoms with van der Waals surface area (Å²) in [7, 11) is 0. The van der Waals surface area contributed by atoms with Crippen molar-refractivity contribution < 1.29 is 4.52 Å². The van der Waals surface area contributed by atoms with Crippen molar-refractivity contribution >= 4 is 11.6 Å². The van der Waals surface area contributed by atoms with Gasteiger partial charge in [0.05, 0.1) is 0 Å². The van der Waals surface area contributed by atoms with Crippen LogP contribution >= 0.6 is 0 Å². The van der Waals surface area contributed by atoms with Crippen LogP contribution in [0.3, 0.4) is 0 Å². The number of hydrogen-bond donors (Lipinski definition) is 1. The molecule has 0 radical (unpaired) electrons. The Morgan fingerprint density at radius 2 is 2.00 bits per heavy atom. The highest BCUT2D eigenvalue weighted by atomic mass is 16.5. The third kappa shape index (κ3) is 2.41. The first-order valence-corrected chi connectivity index (χ1v) is 6.69. The molecule has 0 unspecified atom stereocenters. The molecule has 0 bridgehead atoms. The van der Waals surface area contributed by atoms with Crippen LogP contribution in [0.15, 0.2) is 22.7 Å². The summed E-state index contributed by atoms with van der Waals surface area (Å²) in [6.07, 6.45) is 3.68. The van der Waals surface area contributed by atoms with Gasteiger partial charge in [0.2, 0.25) is 0 Å². The minimum absolute atomic E-state index is 0.547. The molecule has 3 rings (SSSR count). The fourth-order valence-corrected chi connectivity index (χ4v) is 2.42. The van der Waals surface area contributed by atoms with E-state index >= 15 is 0 Å². The van der Waals surface area contributed by atoms with Crippen LogP contribution in [0.1, 0.15) is 24.8 Å². The Labute approximate surface area is 112 Å². The first-order valence-electron chi connectivity index (χ1n) is 6.69. The molecule has 5 heteroatoms. The Bertz CT molecular complexity index is 573. The van der Waals surface area contributed by atoms with Gasteiger partial charge in [0.1, 0.15) is 0 Å². The van der Waals surface area contributed by atoms with Crippen LogP contribution in [-0.4, -0.2) is 23.2 Å². The Balaban J connectivity index is 1.89. The lowest BCUT2D eigenvalue weighted by Crippen LogP contribution is -2.30. The van der Waals surface area contributed by atoms with Gasteiger partial charge >= 0.3 is 0 Å². The summed E-state index contributed by atoms with van der Waals surface area (Å²) in [4.78, 5) is 6.68. The van der Waals surface area contributed by atoms with Crippen LogP contribution in [0.2, 0.25) is 0 Å². The van der Waals surface area contributed by atoms with E-state index < -0.39 is 0 Å². The van der Waals surface area contributed by atoms with Crippen molar-refractivity contribution in [3.63, 3.8) is 0 Å². The standard InChI is InChI=1S/C14H18N4O/c1-10-5-6-11(15)9-12(10)13-16-14(17-19-13)18-7-3-2-4-8-18/h5-6,9H,2-4,7-8,15H2,1H3. The summed E-state index contributed by atoms with van der Waals surface area (Å²) < 4.78 is 5.38. The molecule has 2 heterocycles. The monoisotopic (exact) mass is 258 g/mol. The highest BCUT2D eigenvalue weighted by Gasteiger charge is 2.18. The number of anilines is 2. The van der Waals surface area contributed by atoms with Gasteiger partial charge in [-0.25, -0.2) is 0 Å². The molecule has 1 saturated heterocycles. The lowest BCUT2D eigenvalue weighted by atomic mass is 10.1. The van der Waals surface area contributed by atoms with E-state index in [1.54, 1.807) is 0 Å².